The van der Waals surface area contributed by atoms with Crippen molar-refractivity contribution in [1.82, 2.24) is 24.4 Å². The van der Waals surface area contributed by atoms with Gasteiger partial charge in [0.05, 0.1) is 0 Å². The van der Waals surface area contributed by atoms with Crippen molar-refractivity contribution in [3.8, 4) is 0 Å². The Balaban J connectivity index is 1.38. The van der Waals surface area contributed by atoms with Crippen LogP contribution in [0.5, 0.6) is 0 Å². The number of likely N-dealkylation sites (tertiary alicyclic amines) is 1. The van der Waals surface area contributed by atoms with E-state index in [0.717, 1.165) is 25.8 Å². The largest absolute Gasteiger partial charge is 0.364 e. The molecule has 2 fully saturated rings. The molecule has 2 aromatic heterocycles. The smallest absolute Gasteiger partial charge is 0.291 e. The average Bonchev–Trinajstić information content (AvgIpc) is 3.41. The molecule has 1 atom stereocenters. The number of anilines is 2. The Hall–Kier alpha value is -3.49. The van der Waals surface area contributed by atoms with Crippen LogP contribution in [-0.4, -0.2) is 55.4 Å². The standard InChI is InChI=1S/C22H25N7O2/c1-2-29-19-17(27-20(29)21(30)26-15-6-4-3-5-7-15)18(23-13-24-19)25-16-10-11-28(12-16)22(31)14-8-9-14/h3-7,13-14,16H,2,8-12H2,1H3,(H,26,30)(H,23,24,25)/t16-/m0/s1. The van der Waals surface area contributed by atoms with Gasteiger partial charge in [-0.3, -0.25) is 9.59 Å². The maximum atomic E-state index is 12.9. The van der Waals surface area contributed by atoms with Crippen LogP contribution in [0, 0.1) is 5.92 Å². The quantitative estimate of drug-likeness (QED) is 0.636. The fourth-order valence-corrected chi connectivity index (χ4v) is 4.08. The van der Waals surface area contributed by atoms with Crippen molar-refractivity contribution < 1.29 is 9.59 Å². The van der Waals surface area contributed by atoms with Crippen LogP contribution in [0.1, 0.15) is 36.8 Å². The van der Waals surface area contributed by atoms with Gasteiger partial charge in [-0.1, -0.05) is 18.2 Å². The highest BCUT2D eigenvalue weighted by atomic mass is 16.2. The lowest BCUT2D eigenvalue weighted by Crippen LogP contribution is -2.32. The Morgan fingerprint density at radius 1 is 1.13 bits per heavy atom. The van der Waals surface area contributed by atoms with Crippen molar-refractivity contribution in [2.45, 2.75) is 38.8 Å². The molecule has 1 aliphatic carbocycles. The molecule has 0 bridgehead atoms. The number of amides is 2. The van der Waals surface area contributed by atoms with Crippen LogP contribution in [0.2, 0.25) is 0 Å². The number of nitrogens with one attached hydrogen (secondary N) is 2. The van der Waals surface area contributed by atoms with E-state index in [2.05, 4.69) is 25.6 Å². The number of carbonyl (C=O) groups is 2. The van der Waals surface area contributed by atoms with Crippen LogP contribution >= 0.6 is 0 Å². The Kier molecular flexibility index (Phi) is 5.01. The first-order valence-electron chi connectivity index (χ1n) is 10.8. The summed E-state index contributed by atoms with van der Waals surface area (Å²) in [6, 6.07) is 9.40. The Morgan fingerprint density at radius 2 is 1.94 bits per heavy atom. The predicted octanol–water partition coefficient (Wildman–Crippen LogP) is 2.52. The SMILES string of the molecule is CCn1c(C(=O)Nc2ccccc2)nc2c(N[C@H]3CCN(C(=O)C4CC4)C3)ncnc21. The number of rotatable bonds is 6. The third-order valence-corrected chi connectivity index (χ3v) is 5.85. The Bertz CT molecular complexity index is 1120. The van der Waals surface area contributed by atoms with Crippen LogP contribution < -0.4 is 10.6 Å². The molecule has 3 aromatic rings. The minimum atomic E-state index is -0.293. The number of carbonyl (C=O) groups excluding carboxylic acids is 2. The summed E-state index contributed by atoms with van der Waals surface area (Å²) in [6.07, 6.45) is 4.38. The molecule has 160 valence electrons. The molecule has 9 heteroatoms. The second kappa shape index (κ2) is 7.98. The second-order valence-electron chi connectivity index (χ2n) is 8.08. The first kappa shape index (κ1) is 19.5. The molecule has 0 spiro atoms. The van der Waals surface area contributed by atoms with E-state index in [9.17, 15) is 9.59 Å². The van der Waals surface area contributed by atoms with Gasteiger partial charge in [-0.05, 0) is 38.3 Å². The summed E-state index contributed by atoms with van der Waals surface area (Å²) in [5.74, 6) is 1.10. The minimum absolute atomic E-state index is 0.106. The molecule has 5 rings (SSSR count). The zero-order chi connectivity index (χ0) is 21.4. The molecule has 1 saturated carbocycles. The number of benzene rings is 1. The van der Waals surface area contributed by atoms with E-state index in [1.54, 1.807) is 4.57 Å². The highest BCUT2D eigenvalue weighted by Gasteiger charge is 2.36. The first-order valence-corrected chi connectivity index (χ1v) is 10.8. The highest BCUT2D eigenvalue weighted by molar-refractivity contribution is 6.04. The molecular formula is C22H25N7O2. The minimum Gasteiger partial charge on any atom is -0.364 e. The first-order chi connectivity index (χ1) is 15.1. The topological polar surface area (TPSA) is 105 Å². The Morgan fingerprint density at radius 3 is 2.68 bits per heavy atom. The van der Waals surface area contributed by atoms with Gasteiger partial charge in [0.15, 0.2) is 17.0 Å². The summed E-state index contributed by atoms with van der Waals surface area (Å²) >= 11 is 0. The molecule has 2 N–H and O–H groups in total. The molecule has 0 unspecified atom stereocenters. The van der Waals surface area contributed by atoms with Crippen LogP contribution in [-0.2, 0) is 11.3 Å². The summed E-state index contributed by atoms with van der Waals surface area (Å²) < 4.78 is 1.79. The van der Waals surface area contributed by atoms with Crippen molar-refractivity contribution in [3.63, 3.8) is 0 Å². The van der Waals surface area contributed by atoms with Crippen molar-refractivity contribution in [1.29, 1.82) is 0 Å². The molecule has 1 aromatic carbocycles. The fraction of sp³-hybridized carbons (Fsp3) is 0.409. The molecule has 9 nitrogen and oxygen atoms in total. The van der Waals surface area contributed by atoms with Gasteiger partial charge in [0.1, 0.15) is 6.33 Å². The van der Waals surface area contributed by atoms with Gasteiger partial charge in [-0.25, -0.2) is 15.0 Å². The normalized spacial score (nSPS) is 18.4. The molecule has 3 heterocycles. The number of aryl methyl sites for hydroxylation is 1. The fourth-order valence-electron chi connectivity index (χ4n) is 4.08. The van der Waals surface area contributed by atoms with Crippen LogP contribution in [0.15, 0.2) is 36.7 Å². The zero-order valence-electron chi connectivity index (χ0n) is 17.4. The van der Waals surface area contributed by atoms with Gasteiger partial charge < -0.3 is 20.1 Å². The highest BCUT2D eigenvalue weighted by Crippen LogP contribution is 2.32. The molecule has 2 aliphatic rings. The van der Waals surface area contributed by atoms with E-state index in [-0.39, 0.29) is 23.8 Å². The van der Waals surface area contributed by atoms with Crippen molar-refractivity contribution in [2.24, 2.45) is 5.92 Å². The summed E-state index contributed by atoms with van der Waals surface area (Å²) in [5, 5.41) is 6.31. The lowest BCUT2D eigenvalue weighted by atomic mass is 10.2. The van der Waals surface area contributed by atoms with Gasteiger partial charge in [0.25, 0.3) is 5.91 Å². The number of para-hydroxylation sites is 1. The summed E-state index contributed by atoms with van der Waals surface area (Å²) in [4.78, 5) is 40.5. The van der Waals surface area contributed by atoms with Crippen molar-refractivity contribution in [3.05, 3.63) is 42.5 Å². The maximum absolute atomic E-state index is 12.9. The van der Waals surface area contributed by atoms with Crippen LogP contribution in [0.3, 0.4) is 0 Å². The molecule has 1 saturated heterocycles. The number of fused-ring (bicyclic) bond motifs is 1. The van der Waals surface area contributed by atoms with Crippen molar-refractivity contribution >= 4 is 34.5 Å². The number of hydrogen-bond acceptors (Lipinski definition) is 6. The summed E-state index contributed by atoms with van der Waals surface area (Å²) in [6.45, 7) is 3.93. The van der Waals surface area contributed by atoms with Gasteiger partial charge in [0.2, 0.25) is 11.7 Å². The lowest BCUT2D eigenvalue weighted by Gasteiger charge is -2.17. The lowest BCUT2D eigenvalue weighted by molar-refractivity contribution is -0.131. The third kappa shape index (κ3) is 3.83. The zero-order valence-corrected chi connectivity index (χ0v) is 17.4. The van der Waals surface area contributed by atoms with Gasteiger partial charge in [-0.2, -0.15) is 0 Å². The monoisotopic (exact) mass is 419 g/mol. The molecular weight excluding hydrogens is 394 g/mol. The summed E-state index contributed by atoms with van der Waals surface area (Å²) in [7, 11) is 0. The Labute approximate surface area is 179 Å². The molecule has 31 heavy (non-hydrogen) atoms. The van der Waals surface area contributed by atoms with E-state index >= 15 is 0 Å². The van der Waals surface area contributed by atoms with Gasteiger partial charge in [0, 0.05) is 37.3 Å². The maximum Gasteiger partial charge on any atom is 0.291 e. The van der Waals surface area contributed by atoms with Crippen LogP contribution in [0.25, 0.3) is 11.2 Å². The van der Waals surface area contributed by atoms with Gasteiger partial charge in [-0.15, -0.1) is 0 Å². The number of aromatic nitrogens is 4. The summed E-state index contributed by atoms with van der Waals surface area (Å²) in [5.41, 5.74) is 1.88. The molecule has 0 radical (unpaired) electrons. The van der Waals surface area contributed by atoms with Crippen molar-refractivity contribution in [2.75, 3.05) is 23.7 Å². The van der Waals surface area contributed by atoms with E-state index < -0.39 is 0 Å². The van der Waals surface area contributed by atoms with E-state index in [1.807, 2.05) is 42.2 Å². The predicted molar refractivity (Wildman–Crippen MR) is 117 cm³/mol. The average molecular weight is 419 g/mol. The number of imidazole rings is 1. The molecule has 1 aliphatic heterocycles. The number of nitrogens with zero attached hydrogens (tertiary/aromatic N) is 5. The third-order valence-electron chi connectivity index (χ3n) is 5.85. The van der Waals surface area contributed by atoms with E-state index in [1.165, 1.54) is 6.33 Å². The van der Waals surface area contributed by atoms with Gasteiger partial charge >= 0.3 is 0 Å². The van der Waals surface area contributed by atoms with Crippen LogP contribution in [0.4, 0.5) is 11.5 Å². The number of hydrogen-bond donors (Lipinski definition) is 2. The second-order valence-corrected chi connectivity index (χ2v) is 8.08. The van der Waals surface area contributed by atoms with E-state index in [0.29, 0.717) is 41.6 Å². The van der Waals surface area contributed by atoms with E-state index in [4.69, 9.17) is 0 Å². The molecule has 2 amide bonds.